The van der Waals surface area contributed by atoms with Crippen LogP contribution in [0.5, 0.6) is 0 Å². The van der Waals surface area contributed by atoms with Crippen LogP contribution in [-0.4, -0.2) is 16.8 Å². The number of aromatic amines is 1. The van der Waals surface area contributed by atoms with Crippen molar-refractivity contribution in [2.75, 3.05) is 10.6 Å². The van der Waals surface area contributed by atoms with Crippen LogP contribution in [0.1, 0.15) is 20.7 Å². The highest BCUT2D eigenvalue weighted by molar-refractivity contribution is 6.25. The van der Waals surface area contributed by atoms with Gasteiger partial charge in [0.05, 0.1) is 11.0 Å². The Bertz CT molecular complexity index is 2530. The highest BCUT2D eigenvalue weighted by Crippen LogP contribution is 2.39. The number of anilines is 2. The zero-order valence-corrected chi connectivity index (χ0v) is 25.2. The van der Waals surface area contributed by atoms with Gasteiger partial charge in [0.25, 0.3) is 11.8 Å². The molecular formula is C42H27N3O2. The summed E-state index contributed by atoms with van der Waals surface area (Å²) in [6.45, 7) is 0. The summed E-state index contributed by atoms with van der Waals surface area (Å²) in [6, 6.07) is 48.0. The molecule has 2 amide bonds. The van der Waals surface area contributed by atoms with Crippen molar-refractivity contribution in [3.63, 3.8) is 0 Å². The zero-order valence-electron chi connectivity index (χ0n) is 25.2. The van der Waals surface area contributed by atoms with Crippen LogP contribution >= 0.6 is 0 Å². The van der Waals surface area contributed by atoms with Crippen LogP contribution in [0.25, 0.3) is 64.9 Å². The van der Waals surface area contributed by atoms with E-state index in [4.69, 9.17) is 0 Å². The van der Waals surface area contributed by atoms with Gasteiger partial charge in [-0.1, -0.05) is 84.9 Å². The molecule has 3 N–H and O–H groups in total. The molecule has 0 aliphatic carbocycles. The van der Waals surface area contributed by atoms with E-state index in [9.17, 15) is 9.59 Å². The van der Waals surface area contributed by atoms with E-state index in [0.29, 0.717) is 11.1 Å². The Hall–Kier alpha value is -6.46. The van der Waals surface area contributed by atoms with Gasteiger partial charge in [0.1, 0.15) is 0 Å². The number of nitrogens with one attached hydrogen (secondary N) is 3. The van der Waals surface area contributed by atoms with Crippen molar-refractivity contribution in [1.82, 2.24) is 4.98 Å². The predicted octanol–water partition coefficient (Wildman–Crippen LogP) is 10.4. The highest BCUT2D eigenvalue weighted by Gasteiger charge is 2.15. The molecule has 0 radical (unpaired) electrons. The zero-order chi connectivity index (χ0) is 31.5. The van der Waals surface area contributed by atoms with Crippen LogP contribution in [0.2, 0.25) is 0 Å². The number of carbonyl (C=O) groups excluding carboxylic acids is 2. The van der Waals surface area contributed by atoms with Crippen LogP contribution < -0.4 is 10.6 Å². The number of rotatable bonds is 4. The topological polar surface area (TPSA) is 74.0 Å². The summed E-state index contributed by atoms with van der Waals surface area (Å²) in [5.74, 6) is -0.260. The summed E-state index contributed by atoms with van der Waals surface area (Å²) in [5.41, 5.74) is 4.97. The minimum absolute atomic E-state index is 0.130. The predicted molar refractivity (Wildman–Crippen MR) is 195 cm³/mol. The van der Waals surface area contributed by atoms with Crippen LogP contribution in [0.3, 0.4) is 0 Å². The normalized spacial score (nSPS) is 11.6. The Balaban J connectivity index is 1.16. The molecule has 9 aromatic rings. The number of fused-ring (bicyclic) bond motifs is 9. The average molecular weight is 606 g/mol. The lowest BCUT2D eigenvalue weighted by atomic mass is 9.98. The molecule has 5 heteroatoms. The van der Waals surface area contributed by atoms with Crippen molar-refractivity contribution in [3.05, 3.63) is 157 Å². The minimum Gasteiger partial charge on any atom is -0.353 e. The summed E-state index contributed by atoms with van der Waals surface area (Å²) < 4.78 is 0. The molecule has 1 heterocycles. The fourth-order valence-corrected chi connectivity index (χ4v) is 6.83. The number of hydrogen-bond donors (Lipinski definition) is 3. The fraction of sp³-hybridized carbons (Fsp3) is 0. The quantitative estimate of drug-likeness (QED) is 0.175. The van der Waals surface area contributed by atoms with Crippen LogP contribution in [-0.2, 0) is 0 Å². The number of aromatic nitrogens is 1. The molecule has 0 aliphatic heterocycles. The van der Waals surface area contributed by atoms with Gasteiger partial charge in [-0.2, -0.15) is 0 Å². The molecule has 0 spiro atoms. The van der Waals surface area contributed by atoms with Crippen LogP contribution in [0, 0.1) is 0 Å². The van der Waals surface area contributed by atoms with Gasteiger partial charge in [0.15, 0.2) is 0 Å². The molecule has 0 aliphatic rings. The smallest absolute Gasteiger partial charge is 0.255 e. The van der Waals surface area contributed by atoms with Gasteiger partial charge in [-0.15, -0.1) is 0 Å². The van der Waals surface area contributed by atoms with Gasteiger partial charge in [0, 0.05) is 54.8 Å². The van der Waals surface area contributed by atoms with Crippen molar-refractivity contribution >= 4 is 88.1 Å². The summed E-state index contributed by atoms with van der Waals surface area (Å²) in [6.07, 6.45) is 0. The summed E-state index contributed by atoms with van der Waals surface area (Å²) in [4.78, 5) is 29.7. The Labute approximate surface area is 269 Å². The summed E-state index contributed by atoms with van der Waals surface area (Å²) in [5, 5.41) is 17.1. The van der Waals surface area contributed by atoms with Crippen LogP contribution in [0.15, 0.2) is 146 Å². The lowest BCUT2D eigenvalue weighted by molar-refractivity contribution is 0.101. The summed E-state index contributed by atoms with van der Waals surface area (Å²) in [7, 11) is 0. The van der Waals surface area contributed by atoms with Crippen molar-refractivity contribution < 1.29 is 9.59 Å². The van der Waals surface area contributed by atoms with Gasteiger partial charge >= 0.3 is 0 Å². The standard InChI is InChI=1S/C42H27N3O2/c46-41(25-9-3-1-4-10-25)43-37-15-7-13-27-23-35-29(21-33(27)37)17-19-31-32-20-18-30-22-34-28(24-36(30)40(32)45-39(31)35)14-8-16-38(34)44-42(47)26-11-5-2-6-12-26/h1-24,45H,(H,43,46)(H,44,47). The van der Waals surface area contributed by atoms with Crippen molar-refractivity contribution in [2.45, 2.75) is 0 Å². The number of benzene rings is 8. The van der Waals surface area contributed by atoms with Crippen LogP contribution in [0.4, 0.5) is 11.4 Å². The van der Waals surface area contributed by atoms with E-state index >= 15 is 0 Å². The van der Waals surface area contributed by atoms with Gasteiger partial charge in [-0.05, 0) is 82.2 Å². The maximum Gasteiger partial charge on any atom is 0.255 e. The lowest BCUT2D eigenvalue weighted by Crippen LogP contribution is -2.11. The maximum atomic E-state index is 13.0. The first-order chi connectivity index (χ1) is 23.1. The molecule has 0 saturated carbocycles. The monoisotopic (exact) mass is 605 g/mol. The second-order valence-electron chi connectivity index (χ2n) is 11.9. The maximum absolute atomic E-state index is 13.0. The molecule has 0 fully saturated rings. The fourth-order valence-electron chi connectivity index (χ4n) is 6.83. The molecule has 0 bridgehead atoms. The third-order valence-electron chi connectivity index (χ3n) is 9.15. The van der Waals surface area contributed by atoms with Crippen molar-refractivity contribution in [2.24, 2.45) is 0 Å². The Kier molecular flexibility index (Phi) is 6.05. The molecule has 0 saturated heterocycles. The van der Waals surface area contributed by atoms with E-state index < -0.39 is 0 Å². The first kappa shape index (κ1) is 26.9. The van der Waals surface area contributed by atoms with Crippen molar-refractivity contribution in [1.29, 1.82) is 0 Å². The molecule has 8 aromatic carbocycles. The summed E-state index contributed by atoms with van der Waals surface area (Å²) >= 11 is 0. The van der Waals surface area contributed by atoms with E-state index in [1.165, 1.54) is 0 Å². The molecule has 0 atom stereocenters. The first-order valence-electron chi connectivity index (χ1n) is 15.6. The molecule has 222 valence electrons. The number of carbonyl (C=O) groups is 2. The van der Waals surface area contributed by atoms with Gasteiger partial charge in [-0.3, -0.25) is 9.59 Å². The first-order valence-corrected chi connectivity index (χ1v) is 15.6. The molecule has 9 rings (SSSR count). The molecule has 47 heavy (non-hydrogen) atoms. The third kappa shape index (κ3) is 4.48. The second-order valence-corrected chi connectivity index (χ2v) is 11.9. The third-order valence-corrected chi connectivity index (χ3v) is 9.15. The number of hydrogen-bond acceptors (Lipinski definition) is 2. The Morgan fingerprint density at radius 2 is 0.787 bits per heavy atom. The molecular weight excluding hydrogens is 578 g/mol. The lowest BCUT2D eigenvalue weighted by Gasteiger charge is -2.11. The number of amides is 2. The van der Waals surface area contributed by atoms with E-state index in [1.54, 1.807) is 0 Å². The minimum atomic E-state index is -0.130. The van der Waals surface area contributed by atoms with Gasteiger partial charge in [0.2, 0.25) is 0 Å². The average Bonchev–Trinajstić information content (AvgIpc) is 3.51. The van der Waals surface area contributed by atoms with Crippen molar-refractivity contribution in [3.8, 4) is 0 Å². The molecule has 5 nitrogen and oxygen atoms in total. The van der Waals surface area contributed by atoms with Gasteiger partial charge < -0.3 is 15.6 Å². The Morgan fingerprint density at radius 1 is 0.383 bits per heavy atom. The van der Waals surface area contributed by atoms with E-state index in [2.05, 4.69) is 76.3 Å². The Morgan fingerprint density at radius 3 is 1.23 bits per heavy atom. The number of H-pyrrole nitrogens is 1. The SMILES string of the molecule is O=C(Nc1cccc2cc3c(ccc4c5ccc6cc7c(NC(=O)c8ccccc8)cccc7cc6c5[nH]c34)cc12)c1ccccc1. The molecule has 1 aromatic heterocycles. The largest absolute Gasteiger partial charge is 0.353 e. The molecule has 0 unspecified atom stereocenters. The van der Waals surface area contributed by atoms with Gasteiger partial charge in [-0.25, -0.2) is 0 Å². The van der Waals surface area contributed by atoms with E-state index in [-0.39, 0.29) is 11.8 Å². The van der Waals surface area contributed by atoms with E-state index in [0.717, 1.165) is 76.3 Å². The second kappa shape index (κ2) is 10.6. The highest BCUT2D eigenvalue weighted by atomic mass is 16.2. The van der Waals surface area contributed by atoms with E-state index in [1.807, 2.05) is 84.9 Å².